The summed E-state index contributed by atoms with van der Waals surface area (Å²) in [6, 6.07) is 0. The fourth-order valence-corrected chi connectivity index (χ4v) is 6.66. The van der Waals surface area contributed by atoms with Gasteiger partial charge < -0.3 is 15.3 Å². The van der Waals surface area contributed by atoms with Crippen LogP contribution in [0.2, 0.25) is 0 Å². The van der Waals surface area contributed by atoms with Gasteiger partial charge in [-0.25, -0.2) is 0 Å². The van der Waals surface area contributed by atoms with Crippen molar-refractivity contribution < 1.29 is 15.3 Å². The van der Waals surface area contributed by atoms with E-state index in [9.17, 15) is 15.3 Å². The number of allylic oxidation sites excluding steroid dienone is 1. The Hall–Kier alpha value is -0.380. The zero-order valence-electron chi connectivity index (χ0n) is 13.8. The van der Waals surface area contributed by atoms with Crippen LogP contribution in [0.25, 0.3) is 0 Å². The van der Waals surface area contributed by atoms with Crippen molar-refractivity contribution in [1.29, 1.82) is 0 Å². The van der Waals surface area contributed by atoms with Gasteiger partial charge in [-0.05, 0) is 73.5 Å². The third-order valence-corrected chi connectivity index (χ3v) is 8.08. The molecule has 0 aromatic rings. The van der Waals surface area contributed by atoms with Crippen LogP contribution in [0, 0.1) is 28.6 Å². The first-order valence-electron chi connectivity index (χ1n) is 9.10. The van der Waals surface area contributed by atoms with Gasteiger partial charge in [-0.2, -0.15) is 0 Å². The number of fused-ring (bicyclic) bond motifs is 5. The SMILES string of the molecule is C[C@]12C[C@H](O)[C@@H](O)CC1=CCC1C2CC[C@@]2(C)C1CC[C@@H]2O. The molecule has 3 saturated carbocycles. The van der Waals surface area contributed by atoms with E-state index in [1.165, 1.54) is 5.57 Å². The lowest BCUT2D eigenvalue weighted by molar-refractivity contribution is -0.0953. The first-order chi connectivity index (χ1) is 10.4. The van der Waals surface area contributed by atoms with Gasteiger partial charge in [0.05, 0.1) is 18.3 Å². The number of hydrogen-bond acceptors (Lipinski definition) is 3. The van der Waals surface area contributed by atoms with Gasteiger partial charge in [0, 0.05) is 0 Å². The highest BCUT2D eigenvalue weighted by Gasteiger charge is 2.59. The standard InChI is InChI=1S/C19H30O3/c1-18-8-7-14-12(13(18)5-6-17(18)22)4-3-11-9-15(20)16(21)10-19(11,14)2/h3,12-17,20-22H,4-10H2,1-2H3/t12?,13?,14?,15-,16-,17-,18-,19-/m0/s1. The molecule has 8 atom stereocenters. The van der Waals surface area contributed by atoms with Gasteiger partial charge in [0.25, 0.3) is 0 Å². The molecule has 3 fully saturated rings. The molecule has 0 bridgehead atoms. The molecule has 0 saturated heterocycles. The van der Waals surface area contributed by atoms with Crippen LogP contribution in [0.1, 0.15) is 58.8 Å². The maximum Gasteiger partial charge on any atom is 0.0836 e. The summed E-state index contributed by atoms with van der Waals surface area (Å²) in [4.78, 5) is 0. The summed E-state index contributed by atoms with van der Waals surface area (Å²) in [6.45, 7) is 4.62. The van der Waals surface area contributed by atoms with E-state index in [-0.39, 0.29) is 16.9 Å². The van der Waals surface area contributed by atoms with Crippen molar-refractivity contribution in [3.63, 3.8) is 0 Å². The van der Waals surface area contributed by atoms with Crippen molar-refractivity contribution in [2.24, 2.45) is 28.6 Å². The molecule has 0 aromatic carbocycles. The van der Waals surface area contributed by atoms with Crippen molar-refractivity contribution >= 4 is 0 Å². The molecule has 0 amide bonds. The average molecular weight is 306 g/mol. The minimum atomic E-state index is -0.585. The topological polar surface area (TPSA) is 60.7 Å². The fraction of sp³-hybridized carbons (Fsp3) is 0.895. The summed E-state index contributed by atoms with van der Waals surface area (Å²) in [5.41, 5.74) is 1.54. The van der Waals surface area contributed by atoms with E-state index in [1.54, 1.807) is 0 Å². The Morgan fingerprint density at radius 2 is 1.77 bits per heavy atom. The maximum absolute atomic E-state index is 10.5. The molecule has 4 aliphatic carbocycles. The second-order valence-corrected chi connectivity index (χ2v) is 8.94. The molecular formula is C19H30O3. The Kier molecular flexibility index (Phi) is 3.32. The molecule has 4 rings (SSSR count). The minimum absolute atomic E-state index is 0.0520. The van der Waals surface area contributed by atoms with Gasteiger partial charge in [0.1, 0.15) is 0 Å². The first kappa shape index (κ1) is 15.2. The molecule has 0 aromatic heterocycles. The molecule has 22 heavy (non-hydrogen) atoms. The van der Waals surface area contributed by atoms with Crippen LogP contribution in [0.3, 0.4) is 0 Å². The Labute approximate surface area is 133 Å². The predicted molar refractivity (Wildman–Crippen MR) is 85.1 cm³/mol. The Morgan fingerprint density at radius 1 is 1.00 bits per heavy atom. The highest BCUT2D eigenvalue weighted by molar-refractivity contribution is 5.26. The highest BCUT2D eigenvalue weighted by atomic mass is 16.3. The summed E-state index contributed by atoms with van der Waals surface area (Å²) >= 11 is 0. The van der Waals surface area contributed by atoms with E-state index >= 15 is 0 Å². The highest BCUT2D eigenvalue weighted by Crippen LogP contribution is 2.64. The number of hydrogen-bond donors (Lipinski definition) is 3. The zero-order valence-corrected chi connectivity index (χ0v) is 13.8. The summed E-state index contributed by atoms with van der Waals surface area (Å²) in [5, 5.41) is 30.7. The van der Waals surface area contributed by atoms with Crippen molar-refractivity contribution in [1.82, 2.24) is 0 Å². The largest absolute Gasteiger partial charge is 0.393 e. The van der Waals surface area contributed by atoms with Gasteiger partial charge in [0.2, 0.25) is 0 Å². The second-order valence-electron chi connectivity index (χ2n) is 8.94. The van der Waals surface area contributed by atoms with Crippen LogP contribution in [-0.4, -0.2) is 33.6 Å². The van der Waals surface area contributed by atoms with Crippen LogP contribution < -0.4 is 0 Å². The van der Waals surface area contributed by atoms with Crippen LogP contribution >= 0.6 is 0 Å². The van der Waals surface area contributed by atoms with Gasteiger partial charge in [0.15, 0.2) is 0 Å². The summed E-state index contributed by atoms with van der Waals surface area (Å²) < 4.78 is 0. The Balaban J connectivity index is 1.68. The summed E-state index contributed by atoms with van der Waals surface area (Å²) in [5.74, 6) is 1.88. The molecule has 0 heterocycles. The quantitative estimate of drug-likeness (QED) is 0.603. The van der Waals surface area contributed by atoms with Crippen LogP contribution in [0.4, 0.5) is 0 Å². The van der Waals surface area contributed by atoms with Crippen molar-refractivity contribution in [3.05, 3.63) is 11.6 Å². The maximum atomic E-state index is 10.5. The van der Waals surface area contributed by atoms with Gasteiger partial charge in [-0.3, -0.25) is 0 Å². The lowest BCUT2D eigenvalue weighted by atomic mass is 9.47. The van der Waals surface area contributed by atoms with Gasteiger partial charge in [-0.15, -0.1) is 0 Å². The number of aliphatic hydroxyl groups excluding tert-OH is 3. The monoisotopic (exact) mass is 306 g/mol. The van der Waals surface area contributed by atoms with Crippen molar-refractivity contribution in [2.45, 2.75) is 77.1 Å². The summed E-state index contributed by atoms with van der Waals surface area (Å²) in [7, 11) is 0. The molecule has 124 valence electrons. The summed E-state index contributed by atoms with van der Waals surface area (Å²) in [6.07, 6.45) is 7.91. The van der Waals surface area contributed by atoms with E-state index in [2.05, 4.69) is 19.9 Å². The molecular weight excluding hydrogens is 276 g/mol. The second kappa shape index (κ2) is 4.81. The molecule has 3 N–H and O–H groups in total. The van der Waals surface area contributed by atoms with Crippen LogP contribution in [0.5, 0.6) is 0 Å². The van der Waals surface area contributed by atoms with E-state index in [0.717, 1.165) is 32.1 Å². The lowest BCUT2D eigenvalue weighted by Gasteiger charge is -2.58. The smallest absolute Gasteiger partial charge is 0.0836 e. The lowest BCUT2D eigenvalue weighted by Crippen LogP contribution is -2.53. The number of rotatable bonds is 0. The van der Waals surface area contributed by atoms with Crippen molar-refractivity contribution in [2.75, 3.05) is 0 Å². The molecule has 3 unspecified atom stereocenters. The van der Waals surface area contributed by atoms with Gasteiger partial charge in [-0.1, -0.05) is 25.5 Å². The third kappa shape index (κ3) is 1.85. The van der Waals surface area contributed by atoms with Crippen molar-refractivity contribution in [3.8, 4) is 0 Å². The molecule has 3 nitrogen and oxygen atoms in total. The Morgan fingerprint density at radius 3 is 2.55 bits per heavy atom. The van der Waals surface area contributed by atoms with E-state index < -0.39 is 12.2 Å². The third-order valence-electron chi connectivity index (χ3n) is 8.08. The molecule has 0 aliphatic heterocycles. The normalized spacial score (nSPS) is 57.6. The average Bonchev–Trinajstić information content (AvgIpc) is 2.77. The molecule has 4 aliphatic rings. The minimum Gasteiger partial charge on any atom is -0.393 e. The van der Waals surface area contributed by atoms with Crippen LogP contribution in [-0.2, 0) is 0 Å². The molecule has 0 spiro atoms. The molecule has 3 heteroatoms. The molecule has 0 radical (unpaired) electrons. The van der Waals surface area contributed by atoms with E-state index in [4.69, 9.17) is 0 Å². The Bertz CT molecular complexity index is 501. The zero-order chi connectivity index (χ0) is 15.7. The van der Waals surface area contributed by atoms with Crippen LogP contribution in [0.15, 0.2) is 11.6 Å². The first-order valence-corrected chi connectivity index (χ1v) is 9.10. The van der Waals surface area contributed by atoms with Gasteiger partial charge >= 0.3 is 0 Å². The predicted octanol–water partition coefficient (Wildman–Crippen LogP) is 2.64. The van der Waals surface area contributed by atoms with E-state index in [1.807, 2.05) is 0 Å². The van der Waals surface area contributed by atoms with E-state index in [0.29, 0.717) is 30.6 Å². The number of aliphatic hydroxyl groups is 3. The fourth-order valence-electron chi connectivity index (χ4n) is 6.66.